The molecule has 0 radical (unpaired) electrons. The standard InChI is InChI=1S/C13H19N3O5/c1-19-9-8-16(7-6-12(17)20-2)11-5-4-10(14-15-11)13(18)21-3/h4-5H,6-9H2,1-3H3. The molecule has 0 unspecified atom stereocenters. The smallest absolute Gasteiger partial charge is 0.358 e. The molecular formula is C13H19N3O5. The minimum absolute atomic E-state index is 0.126. The summed E-state index contributed by atoms with van der Waals surface area (Å²) in [4.78, 5) is 24.4. The first-order chi connectivity index (χ1) is 10.1. The Morgan fingerprint density at radius 2 is 1.86 bits per heavy atom. The van der Waals surface area contributed by atoms with Crippen LogP contribution in [0, 0.1) is 0 Å². The maximum absolute atomic E-state index is 11.3. The van der Waals surface area contributed by atoms with Crippen LogP contribution in [0.1, 0.15) is 16.9 Å². The Balaban J connectivity index is 2.76. The van der Waals surface area contributed by atoms with E-state index in [-0.39, 0.29) is 18.1 Å². The molecular weight excluding hydrogens is 278 g/mol. The van der Waals surface area contributed by atoms with Crippen molar-refractivity contribution in [3.8, 4) is 0 Å². The molecule has 1 aromatic rings. The molecule has 21 heavy (non-hydrogen) atoms. The summed E-state index contributed by atoms with van der Waals surface area (Å²) in [6, 6.07) is 3.16. The number of rotatable bonds is 8. The van der Waals surface area contributed by atoms with Crippen LogP contribution in [0.5, 0.6) is 0 Å². The lowest BCUT2D eigenvalue weighted by atomic mass is 10.3. The zero-order chi connectivity index (χ0) is 15.7. The van der Waals surface area contributed by atoms with Crippen molar-refractivity contribution in [3.05, 3.63) is 17.8 Å². The van der Waals surface area contributed by atoms with Gasteiger partial charge in [-0.05, 0) is 12.1 Å². The average molecular weight is 297 g/mol. The van der Waals surface area contributed by atoms with Crippen molar-refractivity contribution < 1.29 is 23.8 Å². The quantitative estimate of drug-likeness (QED) is 0.632. The first-order valence-corrected chi connectivity index (χ1v) is 6.35. The van der Waals surface area contributed by atoms with Crippen molar-refractivity contribution in [3.63, 3.8) is 0 Å². The Morgan fingerprint density at radius 1 is 1.10 bits per heavy atom. The summed E-state index contributed by atoms with van der Waals surface area (Å²) in [6.07, 6.45) is 0.223. The number of esters is 2. The van der Waals surface area contributed by atoms with Crippen LogP contribution in [-0.4, -0.2) is 63.2 Å². The van der Waals surface area contributed by atoms with Gasteiger partial charge in [-0.2, -0.15) is 0 Å². The van der Waals surface area contributed by atoms with Gasteiger partial charge in [0.15, 0.2) is 11.5 Å². The van der Waals surface area contributed by atoms with E-state index >= 15 is 0 Å². The molecule has 1 aromatic heterocycles. The monoisotopic (exact) mass is 297 g/mol. The van der Waals surface area contributed by atoms with Crippen LogP contribution in [0.15, 0.2) is 12.1 Å². The second-order valence-corrected chi connectivity index (χ2v) is 4.07. The largest absolute Gasteiger partial charge is 0.469 e. The third-order valence-corrected chi connectivity index (χ3v) is 2.75. The third kappa shape index (κ3) is 5.35. The van der Waals surface area contributed by atoms with E-state index in [0.717, 1.165) is 0 Å². The number of ether oxygens (including phenoxy) is 3. The highest BCUT2D eigenvalue weighted by Gasteiger charge is 2.13. The van der Waals surface area contributed by atoms with Crippen molar-refractivity contribution in [2.24, 2.45) is 0 Å². The molecule has 8 heteroatoms. The highest BCUT2D eigenvalue weighted by molar-refractivity contribution is 5.87. The van der Waals surface area contributed by atoms with Crippen LogP contribution in [0.4, 0.5) is 5.82 Å². The van der Waals surface area contributed by atoms with Gasteiger partial charge in [0.25, 0.3) is 0 Å². The molecule has 0 saturated heterocycles. The van der Waals surface area contributed by atoms with Gasteiger partial charge in [-0.15, -0.1) is 10.2 Å². The predicted molar refractivity (Wildman–Crippen MR) is 74.1 cm³/mol. The molecule has 0 fully saturated rings. The maximum Gasteiger partial charge on any atom is 0.358 e. The number of anilines is 1. The fourth-order valence-corrected chi connectivity index (χ4v) is 1.58. The van der Waals surface area contributed by atoms with Crippen molar-refractivity contribution in [1.82, 2.24) is 10.2 Å². The van der Waals surface area contributed by atoms with E-state index in [1.807, 2.05) is 4.90 Å². The van der Waals surface area contributed by atoms with E-state index in [9.17, 15) is 9.59 Å². The van der Waals surface area contributed by atoms with Crippen LogP contribution in [-0.2, 0) is 19.0 Å². The van der Waals surface area contributed by atoms with Gasteiger partial charge < -0.3 is 19.1 Å². The first kappa shape index (κ1) is 16.8. The maximum atomic E-state index is 11.3. The van der Waals surface area contributed by atoms with E-state index < -0.39 is 5.97 Å². The number of nitrogens with zero attached hydrogens (tertiary/aromatic N) is 3. The molecule has 116 valence electrons. The van der Waals surface area contributed by atoms with Gasteiger partial charge >= 0.3 is 11.9 Å². The van der Waals surface area contributed by atoms with Crippen LogP contribution in [0.3, 0.4) is 0 Å². The Bertz CT molecular complexity index is 463. The van der Waals surface area contributed by atoms with Gasteiger partial charge in [-0.1, -0.05) is 0 Å². The van der Waals surface area contributed by atoms with Gasteiger partial charge in [0.1, 0.15) is 0 Å². The molecule has 8 nitrogen and oxygen atoms in total. The Morgan fingerprint density at radius 3 is 2.38 bits per heavy atom. The molecule has 0 aliphatic rings. The highest BCUT2D eigenvalue weighted by Crippen LogP contribution is 2.10. The van der Waals surface area contributed by atoms with Crippen molar-refractivity contribution >= 4 is 17.8 Å². The summed E-state index contributed by atoms with van der Waals surface area (Å²) >= 11 is 0. The molecule has 0 spiro atoms. The minimum atomic E-state index is -0.549. The third-order valence-electron chi connectivity index (χ3n) is 2.75. The zero-order valence-electron chi connectivity index (χ0n) is 12.4. The highest BCUT2D eigenvalue weighted by atomic mass is 16.5. The molecule has 0 bridgehead atoms. The lowest BCUT2D eigenvalue weighted by Gasteiger charge is -2.22. The summed E-state index contributed by atoms with van der Waals surface area (Å²) in [5, 5.41) is 7.77. The molecule has 0 amide bonds. The second-order valence-electron chi connectivity index (χ2n) is 4.07. The lowest BCUT2D eigenvalue weighted by Crippen LogP contribution is -2.31. The molecule has 0 N–H and O–H groups in total. The van der Waals surface area contributed by atoms with Crippen molar-refractivity contribution in [1.29, 1.82) is 0 Å². The number of hydrogen-bond acceptors (Lipinski definition) is 8. The molecule has 1 heterocycles. The van der Waals surface area contributed by atoms with E-state index in [1.54, 1.807) is 13.2 Å². The van der Waals surface area contributed by atoms with Crippen LogP contribution < -0.4 is 4.90 Å². The molecule has 0 aliphatic carbocycles. The van der Waals surface area contributed by atoms with Gasteiger partial charge in [0.05, 0.1) is 27.2 Å². The zero-order valence-corrected chi connectivity index (χ0v) is 12.4. The number of carbonyl (C=O) groups is 2. The number of carbonyl (C=O) groups excluding carboxylic acids is 2. The second kappa shape index (κ2) is 8.85. The molecule has 0 saturated carbocycles. The van der Waals surface area contributed by atoms with Crippen molar-refractivity contribution in [2.45, 2.75) is 6.42 Å². The molecule has 0 atom stereocenters. The van der Waals surface area contributed by atoms with Crippen molar-refractivity contribution in [2.75, 3.05) is 45.9 Å². The normalized spacial score (nSPS) is 10.0. The SMILES string of the molecule is COCCN(CCC(=O)OC)c1ccc(C(=O)OC)nn1. The average Bonchev–Trinajstić information content (AvgIpc) is 2.54. The van der Waals surface area contributed by atoms with Crippen LogP contribution >= 0.6 is 0 Å². The predicted octanol–water partition coefficient (Wildman–Crippen LogP) is 0.279. The summed E-state index contributed by atoms with van der Waals surface area (Å²) in [6.45, 7) is 1.43. The number of aromatic nitrogens is 2. The number of methoxy groups -OCH3 is 3. The van der Waals surface area contributed by atoms with E-state index in [2.05, 4.69) is 19.7 Å². The minimum Gasteiger partial charge on any atom is -0.469 e. The Hall–Kier alpha value is -2.22. The summed E-state index contributed by atoms with van der Waals surface area (Å²) in [7, 11) is 4.20. The van der Waals surface area contributed by atoms with Gasteiger partial charge in [-0.25, -0.2) is 4.79 Å². The molecule has 0 aliphatic heterocycles. The van der Waals surface area contributed by atoms with Crippen LogP contribution in [0.25, 0.3) is 0 Å². The number of hydrogen-bond donors (Lipinski definition) is 0. The summed E-state index contributed by atoms with van der Waals surface area (Å²) < 4.78 is 14.2. The molecule has 0 aromatic carbocycles. The summed E-state index contributed by atoms with van der Waals surface area (Å²) in [5.41, 5.74) is 0.126. The van der Waals surface area contributed by atoms with Gasteiger partial charge in [0, 0.05) is 20.2 Å². The Labute approximate surface area is 123 Å². The Kier molecular flexibility index (Phi) is 7.10. The molecule has 1 rings (SSSR count). The van der Waals surface area contributed by atoms with E-state index in [4.69, 9.17) is 4.74 Å². The first-order valence-electron chi connectivity index (χ1n) is 6.35. The van der Waals surface area contributed by atoms with E-state index in [0.29, 0.717) is 25.5 Å². The van der Waals surface area contributed by atoms with Gasteiger partial charge in [0.2, 0.25) is 0 Å². The van der Waals surface area contributed by atoms with E-state index in [1.165, 1.54) is 20.3 Å². The lowest BCUT2D eigenvalue weighted by molar-refractivity contribution is -0.140. The van der Waals surface area contributed by atoms with Crippen LogP contribution in [0.2, 0.25) is 0 Å². The summed E-state index contributed by atoms with van der Waals surface area (Å²) in [5.74, 6) is -0.313. The topological polar surface area (TPSA) is 90.8 Å². The fourth-order valence-electron chi connectivity index (χ4n) is 1.58. The van der Waals surface area contributed by atoms with Gasteiger partial charge in [-0.3, -0.25) is 4.79 Å². The fraction of sp³-hybridized carbons (Fsp3) is 0.538.